The number of nitrogens with zero attached hydrogens (tertiary/aromatic N) is 3. The van der Waals surface area contributed by atoms with E-state index in [4.69, 9.17) is 0 Å². The van der Waals surface area contributed by atoms with E-state index in [1.165, 1.54) is 0 Å². The normalized spacial score (nSPS) is 12.9. The lowest BCUT2D eigenvalue weighted by molar-refractivity contribution is 0.129. The van der Waals surface area contributed by atoms with Crippen molar-refractivity contribution in [1.82, 2.24) is 25.3 Å². The molecule has 158 valence electrons. The molecule has 0 aromatic heterocycles. The minimum absolute atomic E-state index is 0.598. The van der Waals surface area contributed by atoms with Crippen molar-refractivity contribution in [3.8, 4) is 0 Å². The molecule has 0 amide bonds. The Morgan fingerprint density at radius 2 is 0.962 bits per heavy atom. The van der Waals surface area contributed by atoms with Crippen molar-refractivity contribution in [2.45, 2.75) is 79.6 Å². The van der Waals surface area contributed by atoms with Crippen molar-refractivity contribution >= 4 is 0 Å². The summed E-state index contributed by atoms with van der Waals surface area (Å²) >= 11 is 0. The van der Waals surface area contributed by atoms with Gasteiger partial charge in [-0.15, -0.1) is 0 Å². The second-order valence-electron chi connectivity index (χ2n) is 8.54. The van der Waals surface area contributed by atoms with E-state index in [1.807, 2.05) is 7.05 Å². The van der Waals surface area contributed by atoms with Crippen LogP contribution in [0.5, 0.6) is 0 Å². The molecule has 0 spiro atoms. The Kier molecular flexibility index (Phi) is 14.7. The highest BCUT2D eigenvalue weighted by atomic mass is 15.2. The maximum absolute atomic E-state index is 3.65. The van der Waals surface area contributed by atoms with E-state index < -0.39 is 0 Å². The first-order valence-electron chi connectivity index (χ1n) is 10.8. The molecule has 0 bridgehead atoms. The molecule has 0 saturated carbocycles. The van der Waals surface area contributed by atoms with Gasteiger partial charge in [0.2, 0.25) is 0 Å². The number of likely N-dealkylation sites (N-methyl/N-ethyl adjacent to an activating group) is 1. The van der Waals surface area contributed by atoms with E-state index in [0.29, 0.717) is 24.2 Å². The summed E-state index contributed by atoms with van der Waals surface area (Å²) in [7, 11) is 2.02. The molecule has 0 aliphatic carbocycles. The van der Waals surface area contributed by atoms with E-state index in [1.54, 1.807) is 0 Å². The molecule has 0 unspecified atom stereocenters. The Morgan fingerprint density at radius 1 is 0.538 bits per heavy atom. The molecule has 26 heavy (non-hydrogen) atoms. The van der Waals surface area contributed by atoms with Gasteiger partial charge in [0.05, 0.1) is 0 Å². The maximum atomic E-state index is 3.65. The lowest BCUT2D eigenvalue weighted by Gasteiger charge is -2.34. The summed E-state index contributed by atoms with van der Waals surface area (Å²) in [6.07, 6.45) is 0. The minimum Gasteiger partial charge on any atom is -0.318 e. The van der Waals surface area contributed by atoms with Crippen molar-refractivity contribution < 1.29 is 0 Å². The maximum Gasteiger partial charge on any atom is 0.0115 e. The standard InChI is InChI=1S/C21H49N5/c1-18(2)24(13-10-22-9)14-11-23-12-15-25(19(3)4)16-17-26(20(5)6)21(7)8/h18-23H,10-17H2,1-9H3. The highest BCUT2D eigenvalue weighted by Gasteiger charge is 2.16. The van der Waals surface area contributed by atoms with Crippen LogP contribution in [0.1, 0.15) is 55.4 Å². The second-order valence-corrected chi connectivity index (χ2v) is 8.54. The van der Waals surface area contributed by atoms with Crippen LogP contribution in [0.25, 0.3) is 0 Å². The largest absolute Gasteiger partial charge is 0.318 e. The predicted molar refractivity (Wildman–Crippen MR) is 117 cm³/mol. The van der Waals surface area contributed by atoms with Gasteiger partial charge in [0.25, 0.3) is 0 Å². The Labute approximate surface area is 164 Å². The van der Waals surface area contributed by atoms with E-state index in [2.05, 4.69) is 80.7 Å². The van der Waals surface area contributed by atoms with Gasteiger partial charge < -0.3 is 10.6 Å². The SMILES string of the molecule is CNCCN(CCNCCN(CCN(C(C)C)C(C)C)C(C)C)C(C)C. The van der Waals surface area contributed by atoms with Crippen LogP contribution in [0.15, 0.2) is 0 Å². The van der Waals surface area contributed by atoms with Gasteiger partial charge in [0, 0.05) is 76.5 Å². The van der Waals surface area contributed by atoms with Crippen molar-refractivity contribution in [1.29, 1.82) is 0 Å². The van der Waals surface area contributed by atoms with Crippen LogP contribution in [0.4, 0.5) is 0 Å². The lowest BCUT2D eigenvalue weighted by Crippen LogP contribution is -2.46. The van der Waals surface area contributed by atoms with Gasteiger partial charge in [-0.3, -0.25) is 14.7 Å². The van der Waals surface area contributed by atoms with Crippen LogP contribution in [-0.2, 0) is 0 Å². The van der Waals surface area contributed by atoms with Crippen LogP contribution in [0.3, 0.4) is 0 Å². The Morgan fingerprint density at radius 3 is 1.35 bits per heavy atom. The van der Waals surface area contributed by atoms with Gasteiger partial charge >= 0.3 is 0 Å². The average Bonchev–Trinajstić information content (AvgIpc) is 2.54. The summed E-state index contributed by atoms with van der Waals surface area (Å²) < 4.78 is 0. The Hall–Kier alpha value is -0.200. The highest BCUT2D eigenvalue weighted by molar-refractivity contribution is 4.72. The van der Waals surface area contributed by atoms with Gasteiger partial charge in [-0.2, -0.15) is 0 Å². The van der Waals surface area contributed by atoms with Gasteiger partial charge in [0.15, 0.2) is 0 Å². The molecule has 5 heteroatoms. The monoisotopic (exact) mass is 371 g/mol. The summed E-state index contributed by atoms with van der Waals surface area (Å²) in [5, 5.41) is 6.90. The molecular formula is C21H49N5. The van der Waals surface area contributed by atoms with E-state index in [0.717, 1.165) is 52.4 Å². The highest BCUT2D eigenvalue weighted by Crippen LogP contribution is 2.06. The molecule has 2 N–H and O–H groups in total. The second kappa shape index (κ2) is 14.8. The topological polar surface area (TPSA) is 33.8 Å². The van der Waals surface area contributed by atoms with Crippen molar-refractivity contribution in [3.05, 3.63) is 0 Å². The van der Waals surface area contributed by atoms with E-state index in [-0.39, 0.29) is 0 Å². The van der Waals surface area contributed by atoms with Crippen molar-refractivity contribution in [2.75, 3.05) is 59.4 Å². The molecule has 0 fully saturated rings. The first-order chi connectivity index (χ1) is 12.2. The van der Waals surface area contributed by atoms with E-state index >= 15 is 0 Å². The third kappa shape index (κ3) is 11.5. The summed E-state index contributed by atoms with van der Waals surface area (Å²) in [5.74, 6) is 0. The first kappa shape index (κ1) is 25.8. The zero-order chi connectivity index (χ0) is 20.1. The number of rotatable bonds is 16. The quantitative estimate of drug-likeness (QED) is 0.407. The zero-order valence-corrected chi connectivity index (χ0v) is 19.3. The fourth-order valence-electron chi connectivity index (χ4n) is 3.44. The van der Waals surface area contributed by atoms with Crippen LogP contribution in [0, 0.1) is 0 Å². The molecule has 0 heterocycles. The Balaban J connectivity index is 4.17. The number of hydrogen-bond acceptors (Lipinski definition) is 5. The number of nitrogens with one attached hydrogen (secondary N) is 2. The van der Waals surface area contributed by atoms with Gasteiger partial charge in [-0.1, -0.05) is 0 Å². The summed E-state index contributed by atoms with van der Waals surface area (Å²) in [5.41, 5.74) is 0. The van der Waals surface area contributed by atoms with E-state index in [9.17, 15) is 0 Å². The predicted octanol–water partition coefficient (Wildman–Crippen LogP) is 2.34. The molecule has 0 rings (SSSR count). The molecule has 0 aromatic carbocycles. The summed E-state index contributed by atoms with van der Waals surface area (Å²) in [6, 6.07) is 2.43. The van der Waals surface area contributed by atoms with Crippen LogP contribution < -0.4 is 10.6 Å². The smallest absolute Gasteiger partial charge is 0.0115 e. The molecule has 0 saturated heterocycles. The zero-order valence-electron chi connectivity index (χ0n) is 19.3. The average molecular weight is 372 g/mol. The summed E-state index contributed by atoms with van der Waals surface area (Å²) in [6.45, 7) is 27.3. The molecule has 0 aromatic rings. The van der Waals surface area contributed by atoms with Crippen LogP contribution in [-0.4, -0.2) is 98.3 Å². The van der Waals surface area contributed by atoms with Crippen LogP contribution >= 0.6 is 0 Å². The van der Waals surface area contributed by atoms with Gasteiger partial charge in [-0.05, 0) is 62.4 Å². The van der Waals surface area contributed by atoms with Crippen molar-refractivity contribution in [3.63, 3.8) is 0 Å². The molecule has 0 radical (unpaired) electrons. The Bertz CT molecular complexity index is 310. The van der Waals surface area contributed by atoms with Gasteiger partial charge in [0.1, 0.15) is 0 Å². The molecule has 5 nitrogen and oxygen atoms in total. The summed E-state index contributed by atoms with van der Waals surface area (Å²) in [4.78, 5) is 7.73. The fraction of sp³-hybridized carbons (Fsp3) is 1.00. The molecule has 0 aliphatic heterocycles. The minimum atomic E-state index is 0.598. The lowest BCUT2D eigenvalue weighted by atomic mass is 10.2. The van der Waals surface area contributed by atoms with Crippen LogP contribution in [0.2, 0.25) is 0 Å². The molecule has 0 atom stereocenters. The molecule has 0 aliphatic rings. The van der Waals surface area contributed by atoms with Gasteiger partial charge in [-0.25, -0.2) is 0 Å². The number of hydrogen-bond donors (Lipinski definition) is 2. The first-order valence-corrected chi connectivity index (χ1v) is 10.8. The molecular weight excluding hydrogens is 322 g/mol. The van der Waals surface area contributed by atoms with Crippen molar-refractivity contribution in [2.24, 2.45) is 0 Å². The third-order valence-electron chi connectivity index (χ3n) is 5.23. The third-order valence-corrected chi connectivity index (χ3v) is 5.23. The fourth-order valence-corrected chi connectivity index (χ4v) is 3.44.